The van der Waals surface area contributed by atoms with E-state index in [2.05, 4.69) is 41.1 Å². The van der Waals surface area contributed by atoms with Crippen molar-refractivity contribution in [2.45, 2.75) is 32.2 Å². The van der Waals surface area contributed by atoms with Crippen LogP contribution >= 0.6 is 0 Å². The molecule has 5 rings (SSSR count). The van der Waals surface area contributed by atoms with Gasteiger partial charge in [-0.3, -0.25) is 19.7 Å². The Morgan fingerprint density at radius 2 is 1.74 bits per heavy atom. The van der Waals surface area contributed by atoms with E-state index in [1.54, 1.807) is 12.4 Å². The largest absolute Gasteiger partial charge is 0.340 e. The first-order valence-corrected chi connectivity index (χ1v) is 11.1. The molecule has 31 heavy (non-hydrogen) atoms. The van der Waals surface area contributed by atoms with Gasteiger partial charge in [-0.25, -0.2) is 0 Å². The maximum atomic E-state index is 12.8. The average Bonchev–Trinajstić information content (AvgIpc) is 2.96. The zero-order valence-corrected chi connectivity index (χ0v) is 18.0. The summed E-state index contributed by atoms with van der Waals surface area (Å²) in [7, 11) is 0. The van der Waals surface area contributed by atoms with E-state index >= 15 is 0 Å². The normalized spacial score (nSPS) is 18.7. The number of fused-ring (bicyclic) bond motifs is 2. The Hall–Kier alpha value is -3.05. The van der Waals surface area contributed by atoms with Crippen LogP contribution in [0.25, 0.3) is 0 Å². The molecule has 0 N–H and O–H groups in total. The van der Waals surface area contributed by atoms with Gasteiger partial charge in [-0.2, -0.15) is 0 Å². The Labute approximate surface area is 183 Å². The summed E-state index contributed by atoms with van der Waals surface area (Å²) in [6.45, 7) is 5.39. The molecule has 5 heteroatoms. The summed E-state index contributed by atoms with van der Waals surface area (Å²) in [6.07, 6.45) is 7.93. The van der Waals surface area contributed by atoms with Crippen LogP contribution in [0.15, 0.2) is 61.1 Å². The molecule has 2 aliphatic rings. The lowest BCUT2D eigenvalue weighted by molar-refractivity contribution is -0.132. The van der Waals surface area contributed by atoms with E-state index in [9.17, 15) is 4.79 Å². The van der Waals surface area contributed by atoms with Gasteiger partial charge in [0.25, 0.3) is 0 Å². The molecule has 1 unspecified atom stereocenters. The van der Waals surface area contributed by atoms with E-state index in [0.717, 1.165) is 44.6 Å². The molecule has 1 saturated heterocycles. The summed E-state index contributed by atoms with van der Waals surface area (Å²) in [5.74, 6) is 0.196. The molecule has 1 aliphatic heterocycles. The second-order valence-corrected chi connectivity index (χ2v) is 8.60. The number of amides is 1. The van der Waals surface area contributed by atoms with Gasteiger partial charge in [0, 0.05) is 44.8 Å². The molecule has 0 radical (unpaired) electrons. The summed E-state index contributed by atoms with van der Waals surface area (Å²) in [5.41, 5.74) is 7.66. The minimum Gasteiger partial charge on any atom is -0.340 e. The number of rotatable bonds is 3. The molecular formula is C26H28N4O. The number of carbonyl (C=O) groups excluding carboxylic acids is 1. The van der Waals surface area contributed by atoms with Crippen LogP contribution in [0.3, 0.4) is 0 Å². The monoisotopic (exact) mass is 412 g/mol. The highest BCUT2D eigenvalue weighted by Gasteiger charge is 2.32. The van der Waals surface area contributed by atoms with E-state index < -0.39 is 0 Å². The van der Waals surface area contributed by atoms with Crippen molar-refractivity contribution in [3.05, 3.63) is 94.6 Å². The zero-order valence-electron chi connectivity index (χ0n) is 18.0. The average molecular weight is 413 g/mol. The Morgan fingerprint density at radius 1 is 0.968 bits per heavy atom. The van der Waals surface area contributed by atoms with Crippen LogP contribution in [0, 0.1) is 6.92 Å². The number of hydrogen-bond donors (Lipinski definition) is 0. The predicted octanol–water partition coefficient (Wildman–Crippen LogP) is 3.36. The summed E-state index contributed by atoms with van der Waals surface area (Å²) in [6, 6.07) is 15.1. The Balaban J connectivity index is 1.37. The van der Waals surface area contributed by atoms with Gasteiger partial charge in [-0.15, -0.1) is 0 Å². The molecule has 2 aromatic heterocycles. The maximum Gasteiger partial charge on any atom is 0.227 e. The number of carbonyl (C=O) groups is 1. The van der Waals surface area contributed by atoms with Gasteiger partial charge in [0.15, 0.2) is 0 Å². The highest BCUT2D eigenvalue weighted by atomic mass is 16.2. The number of pyridine rings is 2. The highest BCUT2D eigenvalue weighted by Crippen LogP contribution is 2.36. The first-order valence-electron chi connectivity index (χ1n) is 11.1. The lowest BCUT2D eigenvalue weighted by Crippen LogP contribution is -2.50. The Kier molecular flexibility index (Phi) is 5.51. The third kappa shape index (κ3) is 4.10. The number of piperazine rings is 1. The minimum absolute atomic E-state index is 0.159. The molecule has 0 bridgehead atoms. The van der Waals surface area contributed by atoms with Crippen LogP contribution in [0.1, 0.15) is 39.6 Å². The van der Waals surface area contributed by atoms with E-state index in [4.69, 9.17) is 4.98 Å². The quantitative estimate of drug-likeness (QED) is 0.662. The van der Waals surface area contributed by atoms with Crippen molar-refractivity contribution in [1.29, 1.82) is 0 Å². The van der Waals surface area contributed by atoms with Crippen LogP contribution in [0.5, 0.6) is 0 Å². The Morgan fingerprint density at radius 3 is 2.55 bits per heavy atom. The second-order valence-electron chi connectivity index (χ2n) is 8.60. The second kappa shape index (κ2) is 8.60. The number of aromatic nitrogens is 2. The fraction of sp³-hybridized carbons (Fsp3) is 0.346. The van der Waals surface area contributed by atoms with E-state index in [-0.39, 0.29) is 11.9 Å². The van der Waals surface area contributed by atoms with Crippen molar-refractivity contribution in [3.8, 4) is 0 Å². The van der Waals surface area contributed by atoms with Crippen molar-refractivity contribution in [3.63, 3.8) is 0 Å². The summed E-state index contributed by atoms with van der Waals surface area (Å²) in [4.78, 5) is 26.2. The van der Waals surface area contributed by atoms with E-state index in [0.29, 0.717) is 6.42 Å². The van der Waals surface area contributed by atoms with Crippen molar-refractivity contribution >= 4 is 5.91 Å². The molecule has 0 spiro atoms. The van der Waals surface area contributed by atoms with Gasteiger partial charge in [0.2, 0.25) is 5.91 Å². The molecule has 0 saturated carbocycles. The number of benzene rings is 1. The SMILES string of the molecule is Cc1ccc2c(c1)CCc1cccnc1C2N1CCN(C(=O)Cc2ccncc2)CC1. The van der Waals surface area contributed by atoms with Gasteiger partial charge < -0.3 is 4.90 Å². The number of hydrogen-bond acceptors (Lipinski definition) is 4. The summed E-state index contributed by atoms with van der Waals surface area (Å²) < 4.78 is 0. The lowest BCUT2D eigenvalue weighted by Gasteiger charge is -2.40. The van der Waals surface area contributed by atoms with Crippen LogP contribution in [0.4, 0.5) is 0 Å². The van der Waals surface area contributed by atoms with Crippen molar-refractivity contribution < 1.29 is 4.79 Å². The Bertz CT molecular complexity index is 1070. The zero-order chi connectivity index (χ0) is 21.2. The highest BCUT2D eigenvalue weighted by molar-refractivity contribution is 5.78. The molecule has 1 atom stereocenters. The molecule has 1 aromatic carbocycles. The van der Waals surface area contributed by atoms with Crippen LogP contribution < -0.4 is 0 Å². The smallest absolute Gasteiger partial charge is 0.227 e. The van der Waals surface area contributed by atoms with Crippen LogP contribution in [-0.2, 0) is 24.1 Å². The van der Waals surface area contributed by atoms with Gasteiger partial charge >= 0.3 is 0 Å². The molecule has 1 aliphatic carbocycles. The number of aryl methyl sites for hydroxylation is 3. The fourth-order valence-corrected chi connectivity index (χ4v) is 4.93. The molecule has 1 amide bonds. The summed E-state index contributed by atoms with van der Waals surface area (Å²) >= 11 is 0. The van der Waals surface area contributed by atoms with Crippen molar-refractivity contribution in [2.75, 3.05) is 26.2 Å². The fourth-order valence-electron chi connectivity index (χ4n) is 4.93. The van der Waals surface area contributed by atoms with Crippen LogP contribution in [0.2, 0.25) is 0 Å². The molecule has 3 heterocycles. The van der Waals surface area contributed by atoms with Gasteiger partial charge in [-0.05, 0) is 60.2 Å². The van der Waals surface area contributed by atoms with Crippen LogP contribution in [-0.4, -0.2) is 51.9 Å². The third-order valence-electron chi connectivity index (χ3n) is 6.58. The third-order valence-corrected chi connectivity index (χ3v) is 6.58. The van der Waals surface area contributed by atoms with E-state index in [1.807, 2.05) is 29.3 Å². The number of nitrogens with zero attached hydrogens (tertiary/aromatic N) is 4. The standard InChI is InChI=1S/C26H28N4O/c1-19-4-7-23-22(17-19)6-5-21-3-2-10-28-25(21)26(23)30-15-13-29(14-16-30)24(31)18-20-8-11-27-12-9-20/h2-4,7-12,17,26H,5-6,13-16,18H2,1H3. The topological polar surface area (TPSA) is 49.3 Å². The van der Waals surface area contributed by atoms with E-state index in [1.165, 1.54) is 27.9 Å². The summed E-state index contributed by atoms with van der Waals surface area (Å²) in [5, 5.41) is 0. The maximum absolute atomic E-state index is 12.8. The van der Waals surface area contributed by atoms with Crippen molar-refractivity contribution in [2.24, 2.45) is 0 Å². The molecule has 158 valence electrons. The lowest BCUT2D eigenvalue weighted by atomic mass is 9.94. The van der Waals surface area contributed by atoms with Gasteiger partial charge in [0.05, 0.1) is 18.2 Å². The van der Waals surface area contributed by atoms with Crippen molar-refractivity contribution in [1.82, 2.24) is 19.8 Å². The molecule has 1 fully saturated rings. The van der Waals surface area contributed by atoms with Gasteiger partial charge in [0.1, 0.15) is 0 Å². The first-order chi connectivity index (χ1) is 15.2. The van der Waals surface area contributed by atoms with Gasteiger partial charge in [-0.1, -0.05) is 29.8 Å². The predicted molar refractivity (Wildman–Crippen MR) is 121 cm³/mol. The molecule has 5 nitrogen and oxygen atoms in total. The molecular weight excluding hydrogens is 384 g/mol. The minimum atomic E-state index is 0.159. The first kappa shape index (κ1) is 19.9. The molecule has 3 aromatic rings.